The molecule has 0 unspecified atom stereocenters. The van der Waals surface area contributed by atoms with Crippen LogP contribution in [-0.4, -0.2) is 106 Å². The van der Waals surface area contributed by atoms with Crippen molar-refractivity contribution in [1.29, 1.82) is 0 Å². The van der Waals surface area contributed by atoms with E-state index in [1.54, 1.807) is 0 Å². The lowest BCUT2D eigenvalue weighted by molar-refractivity contribution is -0.307. The number of aliphatic hydroxyl groups excluding tert-OH is 5. The fourth-order valence-corrected chi connectivity index (χ4v) is 3.29. The highest BCUT2D eigenvalue weighted by atomic mass is 16.7. The zero-order chi connectivity index (χ0) is 23.2. The summed E-state index contributed by atoms with van der Waals surface area (Å²) >= 11 is 0. The number of hydrogen-bond donors (Lipinski definition) is 6. The van der Waals surface area contributed by atoms with Crippen molar-refractivity contribution in [3.8, 4) is 0 Å². The molecule has 2 rings (SSSR count). The summed E-state index contributed by atoms with van der Waals surface area (Å²) < 4.78 is 21.6. The van der Waals surface area contributed by atoms with Crippen LogP contribution < -0.4 is 0 Å². The summed E-state index contributed by atoms with van der Waals surface area (Å²) in [6.07, 6.45) is -3.70. The molecule has 0 aromatic heterocycles. The molecule has 2 fully saturated rings. The first-order valence-electron chi connectivity index (χ1n) is 10.4. The molecule has 2 saturated heterocycles. The highest BCUT2D eigenvalue weighted by molar-refractivity contribution is 5.02. The maximum Gasteiger partial charge on any atom is 0.187 e. The van der Waals surface area contributed by atoms with Crippen LogP contribution in [0, 0.1) is 0 Å². The molecule has 0 aromatic carbocycles. The summed E-state index contributed by atoms with van der Waals surface area (Å²) in [6.45, 7) is 4.84. The van der Waals surface area contributed by atoms with Gasteiger partial charge in [0.2, 0.25) is 0 Å². The van der Waals surface area contributed by atoms with Gasteiger partial charge >= 0.3 is 0 Å². The number of hydrogen-bond acceptors (Lipinski definition) is 10. The summed E-state index contributed by atoms with van der Waals surface area (Å²) in [5, 5.41) is 59.7. The Morgan fingerprint density at radius 2 is 1.71 bits per heavy atom. The Balaban J connectivity index is 1.86. The van der Waals surface area contributed by atoms with Crippen LogP contribution in [0.5, 0.6) is 0 Å². The van der Waals surface area contributed by atoms with Gasteiger partial charge in [-0.15, -0.1) is 0 Å². The molecule has 2 heterocycles. The Hall–Kier alpha value is -0.920. The van der Waals surface area contributed by atoms with E-state index in [9.17, 15) is 25.5 Å². The first-order valence-corrected chi connectivity index (χ1v) is 10.4. The highest BCUT2D eigenvalue weighted by Gasteiger charge is 2.50. The number of ether oxygens (including phenoxy) is 4. The third-order valence-corrected chi connectivity index (χ3v) is 5.46. The molecule has 8 atom stereocenters. The van der Waals surface area contributed by atoms with E-state index in [2.05, 4.69) is 6.08 Å². The number of rotatable bonds is 10. The average molecular weight is 449 g/mol. The third kappa shape index (κ3) is 7.03. The van der Waals surface area contributed by atoms with Gasteiger partial charge in [0, 0.05) is 0 Å². The minimum atomic E-state index is -1.84. The monoisotopic (exact) mass is 448 g/mol. The highest BCUT2D eigenvalue weighted by Crippen LogP contribution is 2.27. The largest absolute Gasteiger partial charge is 0.393 e. The van der Waals surface area contributed by atoms with Crippen molar-refractivity contribution < 1.29 is 49.6 Å². The van der Waals surface area contributed by atoms with Crippen LogP contribution in [0.2, 0.25) is 0 Å². The van der Waals surface area contributed by atoms with Crippen molar-refractivity contribution in [2.75, 3.05) is 26.4 Å². The molecule has 0 bridgehead atoms. The molecule has 0 aromatic rings. The molecule has 10 heteroatoms. The molecule has 31 heavy (non-hydrogen) atoms. The van der Waals surface area contributed by atoms with Crippen LogP contribution in [0.25, 0.3) is 0 Å². The van der Waals surface area contributed by atoms with E-state index in [1.807, 2.05) is 26.8 Å². The molecule has 0 amide bonds. The molecular formula is C21H36O10. The number of allylic oxidation sites excluding steroid dienone is 3. The van der Waals surface area contributed by atoms with Gasteiger partial charge in [0.05, 0.1) is 26.4 Å². The van der Waals surface area contributed by atoms with E-state index in [1.165, 1.54) is 5.57 Å². The summed E-state index contributed by atoms with van der Waals surface area (Å²) in [5.41, 5.74) is 0.514. The van der Waals surface area contributed by atoms with Crippen LogP contribution in [0.4, 0.5) is 0 Å². The van der Waals surface area contributed by atoms with Crippen molar-refractivity contribution >= 4 is 0 Å². The van der Waals surface area contributed by atoms with Gasteiger partial charge in [-0.3, -0.25) is 0 Å². The van der Waals surface area contributed by atoms with Crippen LogP contribution in [-0.2, 0) is 18.9 Å². The Morgan fingerprint density at radius 1 is 1.00 bits per heavy atom. The molecule has 0 spiro atoms. The van der Waals surface area contributed by atoms with Gasteiger partial charge in [0.25, 0.3) is 0 Å². The van der Waals surface area contributed by atoms with E-state index >= 15 is 0 Å². The standard InChI is InChI=1S/C21H36O10/c1-12(2)5-4-6-13(3)7-8-28-19-17(25)16(24)15(23)14(31-19)9-29-20-18(26)21(27,10-22)11-30-20/h5,7,14-20,22-27H,4,6,8-11H2,1-3H3/t14-,15-,16+,17-,18+,19-,20-,21-/m1/s1. The fraction of sp³-hybridized carbons (Fsp3) is 0.810. The second-order valence-corrected chi connectivity index (χ2v) is 8.44. The summed E-state index contributed by atoms with van der Waals surface area (Å²) in [4.78, 5) is 0. The Bertz CT molecular complexity index is 619. The maximum atomic E-state index is 10.2. The molecule has 10 nitrogen and oxygen atoms in total. The number of aliphatic hydroxyl groups is 6. The molecule has 180 valence electrons. The van der Waals surface area contributed by atoms with Crippen LogP contribution >= 0.6 is 0 Å². The van der Waals surface area contributed by atoms with Gasteiger partial charge in [-0.05, 0) is 33.6 Å². The first kappa shape index (κ1) is 26.3. The Morgan fingerprint density at radius 3 is 2.32 bits per heavy atom. The van der Waals surface area contributed by atoms with E-state index in [4.69, 9.17) is 24.1 Å². The van der Waals surface area contributed by atoms with Gasteiger partial charge in [0.15, 0.2) is 12.6 Å². The zero-order valence-corrected chi connectivity index (χ0v) is 18.3. The lowest BCUT2D eigenvalue weighted by atomic mass is 9.99. The van der Waals surface area contributed by atoms with E-state index in [-0.39, 0.29) is 19.8 Å². The second-order valence-electron chi connectivity index (χ2n) is 8.44. The minimum Gasteiger partial charge on any atom is -0.393 e. The first-order chi connectivity index (χ1) is 14.6. The zero-order valence-electron chi connectivity index (χ0n) is 18.3. The van der Waals surface area contributed by atoms with Crippen LogP contribution in [0.3, 0.4) is 0 Å². The van der Waals surface area contributed by atoms with Crippen LogP contribution in [0.15, 0.2) is 23.3 Å². The molecule has 2 aliphatic rings. The van der Waals surface area contributed by atoms with Crippen molar-refractivity contribution in [1.82, 2.24) is 0 Å². The summed E-state index contributed by atoms with van der Waals surface area (Å²) in [6, 6.07) is 0. The van der Waals surface area contributed by atoms with E-state index < -0.39 is 55.3 Å². The molecule has 0 aliphatic carbocycles. The van der Waals surface area contributed by atoms with Crippen molar-refractivity contribution in [3.63, 3.8) is 0 Å². The Labute approximate surface area is 182 Å². The molecule has 0 saturated carbocycles. The second kappa shape index (κ2) is 11.8. The van der Waals surface area contributed by atoms with Gasteiger partial charge < -0.3 is 49.6 Å². The normalized spacial score (nSPS) is 39.0. The molecule has 0 radical (unpaired) electrons. The Kier molecular flexibility index (Phi) is 10.0. The van der Waals surface area contributed by atoms with Crippen molar-refractivity contribution in [2.24, 2.45) is 0 Å². The predicted molar refractivity (Wildman–Crippen MR) is 109 cm³/mol. The van der Waals surface area contributed by atoms with Crippen molar-refractivity contribution in [2.45, 2.75) is 82.3 Å². The molecular weight excluding hydrogens is 412 g/mol. The average Bonchev–Trinajstić information content (AvgIpc) is 3.01. The van der Waals surface area contributed by atoms with Gasteiger partial charge in [-0.2, -0.15) is 0 Å². The van der Waals surface area contributed by atoms with Crippen LogP contribution in [0.1, 0.15) is 33.6 Å². The van der Waals surface area contributed by atoms with E-state index in [0.717, 1.165) is 18.4 Å². The van der Waals surface area contributed by atoms with E-state index in [0.29, 0.717) is 0 Å². The van der Waals surface area contributed by atoms with Gasteiger partial charge in [-0.25, -0.2) is 0 Å². The SMILES string of the molecule is CC(C)=CCCC(C)=CCO[C@@H]1O[C@H](CO[C@@H]2OC[C@](O)(CO)[C@H]2O)[C@@H](O)[C@H](O)[C@H]1O. The molecule has 6 N–H and O–H groups in total. The van der Waals surface area contributed by atoms with Gasteiger partial charge in [0.1, 0.15) is 36.1 Å². The minimum absolute atomic E-state index is 0.146. The smallest absolute Gasteiger partial charge is 0.187 e. The summed E-state index contributed by atoms with van der Waals surface area (Å²) in [5.74, 6) is 0. The lowest BCUT2D eigenvalue weighted by Crippen LogP contribution is -2.59. The predicted octanol–water partition coefficient (Wildman–Crippen LogP) is -1.04. The molecule has 2 aliphatic heterocycles. The van der Waals surface area contributed by atoms with Gasteiger partial charge in [-0.1, -0.05) is 23.3 Å². The summed E-state index contributed by atoms with van der Waals surface area (Å²) in [7, 11) is 0. The maximum absolute atomic E-state index is 10.2. The quantitative estimate of drug-likeness (QED) is 0.228. The lowest BCUT2D eigenvalue weighted by Gasteiger charge is -2.40. The van der Waals surface area contributed by atoms with Crippen molar-refractivity contribution in [3.05, 3.63) is 23.3 Å². The third-order valence-electron chi connectivity index (χ3n) is 5.46. The topological polar surface area (TPSA) is 158 Å². The fourth-order valence-electron chi connectivity index (χ4n) is 3.29.